The van der Waals surface area contributed by atoms with Gasteiger partial charge in [-0.25, -0.2) is 9.78 Å². The summed E-state index contributed by atoms with van der Waals surface area (Å²) in [6.45, 7) is 0. The lowest BCUT2D eigenvalue weighted by Crippen LogP contribution is -2.18. The largest absolute Gasteiger partial charge is 0.421 e. The molecule has 4 nitrogen and oxygen atoms in total. The van der Waals surface area contributed by atoms with E-state index in [0.717, 1.165) is 0 Å². The zero-order valence-corrected chi connectivity index (χ0v) is 6.57. The van der Waals surface area contributed by atoms with Crippen molar-refractivity contribution in [2.75, 3.05) is 12.4 Å². The molecular formula is C6H6F3N3O. The van der Waals surface area contributed by atoms with Crippen LogP contribution < -0.4 is 11.0 Å². The second kappa shape index (κ2) is 3.08. The molecule has 0 aliphatic heterocycles. The first kappa shape index (κ1) is 9.56. The molecule has 1 heterocycles. The second-order valence-corrected chi connectivity index (χ2v) is 2.22. The summed E-state index contributed by atoms with van der Waals surface area (Å²) >= 11 is 0. The molecule has 0 radical (unpaired) electrons. The maximum atomic E-state index is 12.2. The lowest BCUT2D eigenvalue weighted by Gasteiger charge is -2.09. The van der Waals surface area contributed by atoms with Crippen LogP contribution in [-0.2, 0) is 6.18 Å². The smallest absolute Gasteiger partial charge is 0.374 e. The highest BCUT2D eigenvalue weighted by molar-refractivity contribution is 5.43. The summed E-state index contributed by atoms with van der Waals surface area (Å²) in [6.07, 6.45) is -4.03. The minimum absolute atomic E-state index is 0.382. The highest BCUT2D eigenvalue weighted by Gasteiger charge is 2.34. The number of hydrogen-bond acceptors (Lipinski definition) is 3. The van der Waals surface area contributed by atoms with E-state index < -0.39 is 17.4 Å². The number of hydrogen-bond donors (Lipinski definition) is 2. The number of rotatable bonds is 1. The van der Waals surface area contributed by atoms with E-state index in [1.807, 2.05) is 4.98 Å². The Morgan fingerprint density at radius 1 is 1.54 bits per heavy atom. The van der Waals surface area contributed by atoms with E-state index in [9.17, 15) is 18.0 Å². The van der Waals surface area contributed by atoms with Gasteiger partial charge in [-0.3, -0.25) is 4.98 Å². The zero-order valence-electron chi connectivity index (χ0n) is 6.57. The van der Waals surface area contributed by atoms with E-state index in [0.29, 0.717) is 6.20 Å². The molecule has 1 rings (SSSR count). The topological polar surface area (TPSA) is 57.8 Å². The quantitative estimate of drug-likeness (QED) is 0.694. The molecule has 0 bridgehead atoms. The van der Waals surface area contributed by atoms with Crippen molar-refractivity contribution in [1.29, 1.82) is 0 Å². The third-order valence-electron chi connectivity index (χ3n) is 1.37. The molecular weight excluding hydrogens is 187 g/mol. The number of alkyl halides is 3. The molecule has 0 spiro atoms. The van der Waals surface area contributed by atoms with E-state index in [4.69, 9.17) is 0 Å². The molecule has 2 N–H and O–H groups in total. The van der Waals surface area contributed by atoms with E-state index in [-0.39, 0.29) is 5.82 Å². The van der Waals surface area contributed by atoms with Gasteiger partial charge in [0.1, 0.15) is 11.4 Å². The first-order chi connectivity index (χ1) is 5.95. The average Bonchev–Trinajstić information content (AvgIpc) is 2.01. The standard InChI is InChI=1S/C6H6F3N3O/c1-10-4-3(6(7,8)9)2-11-5(13)12-4/h2H,1H3,(H2,10,11,12,13). The third-order valence-corrected chi connectivity index (χ3v) is 1.37. The maximum Gasteiger partial charge on any atom is 0.421 e. The summed E-state index contributed by atoms with van der Waals surface area (Å²) in [7, 11) is 1.28. The van der Waals surface area contributed by atoms with Gasteiger partial charge in [0.2, 0.25) is 0 Å². The highest BCUT2D eigenvalue weighted by Crippen LogP contribution is 2.31. The molecule has 0 amide bonds. The van der Waals surface area contributed by atoms with Crippen LogP contribution in [0.25, 0.3) is 0 Å². The van der Waals surface area contributed by atoms with E-state index in [1.165, 1.54) is 7.05 Å². The first-order valence-electron chi connectivity index (χ1n) is 3.29. The molecule has 0 atom stereocenters. The predicted octanol–water partition coefficient (Wildman–Crippen LogP) is 0.830. The van der Waals surface area contributed by atoms with Gasteiger partial charge in [0, 0.05) is 13.2 Å². The van der Waals surface area contributed by atoms with Crippen LogP contribution >= 0.6 is 0 Å². The summed E-state index contributed by atoms with van der Waals surface area (Å²) in [5.74, 6) is -0.382. The molecule has 72 valence electrons. The number of anilines is 1. The highest BCUT2D eigenvalue weighted by atomic mass is 19.4. The van der Waals surface area contributed by atoms with Crippen molar-refractivity contribution >= 4 is 5.82 Å². The monoisotopic (exact) mass is 193 g/mol. The molecule has 1 aromatic rings. The number of aromatic nitrogens is 2. The third kappa shape index (κ3) is 1.98. The van der Waals surface area contributed by atoms with Gasteiger partial charge < -0.3 is 5.32 Å². The SMILES string of the molecule is CNc1[nH]c(=O)ncc1C(F)(F)F. The molecule has 0 unspecified atom stereocenters. The van der Waals surface area contributed by atoms with Crippen LogP contribution in [0.1, 0.15) is 5.56 Å². The molecule has 1 aromatic heterocycles. The van der Waals surface area contributed by atoms with Crippen molar-refractivity contribution < 1.29 is 13.2 Å². The van der Waals surface area contributed by atoms with Crippen LogP contribution in [0.5, 0.6) is 0 Å². The first-order valence-corrected chi connectivity index (χ1v) is 3.29. The van der Waals surface area contributed by atoms with Gasteiger partial charge in [0.05, 0.1) is 0 Å². The molecule has 0 saturated heterocycles. The summed E-state index contributed by atoms with van der Waals surface area (Å²) in [5.41, 5.74) is -1.81. The maximum absolute atomic E-state index is 12.2. The fourth-order valence-electron chi connectivity index (χ4n) is 0.806. The Hall–Kier alpha value is -1.53. The molecule has 0 fully saturated rings. The van der Waals surface area contributed by atoms with Crippen LogP contribution in [0, 0.1) is 0 Å². The van der Waals surface area contributed by atoms with Gasteiger partial charge in [-0.2, -0.15) is 13.2 Å². The van der Waals surface area contributed by atoms with Gasteiger partial charge in [-0.05, 0) is 0 Å². The molecule has 13 heavy (non-hydrogen) atoms. The lowest BCUT2D eigenvalue weighted by molar-refractivity contribution is -0.137. The van der Waals surface area contributed by atoms with Crippen LogP contribution in [0.4, 0.5) is 19.0 Å². The Bertz CT molecular complexity index is 357. The minimum atomic E-state index is -4.52. The van der Waals surface area contributed by atoms with E-state index in [2.05, 4.69) is 10.3 Å². The molecule has 0 saturated carbocycles. The van der Waals surface area contributed by atoms with Gasteiger partial charge in [0.15, 0.2) is 0 Å². The summed E-state index contributed by atoms with van der Waals surface area (Å²) in [4.78, 5) is 15.5. The lowest BCUT2D eigenvalue weighted by atomic mass is 10.3. The van der Waals surface area contributed by atoms with Crippen molar-refractivity contribution in [3.8, 4) is 0 Å². The Labute approximate surface area is 70.8 Å². The van der Waals surface area contributed by atoms with Crippen molar-refractivity contribution in [1.82, 2.24) is 9.97 Å². The summed E-state index contributed by atoms with van der Waals surface area (Å²) in [6, 6.07) is 0. The predicted molar refractivity (Wildman–Crippen MR) is 39.4 cm³/mol. The molecule has 0 aliphatic rings. The van der Waals surface area contributed by atoms with Crippen molar-refractivity contribution in [3.05, 3.63) is 22.2 Å². The number of nitrogens with one attached hydrogen (secondary N) is 2. The Morgan fingerprint density at radius 2 is 2.15 bits per heavy atom. The van der Waals surface area contributed by atoms with E-state index >= 15 is 0 Å². The minimum Gasteiger partial charge on any atom is -0.374 e. The summed E-state index contributed by atoms with van der Waals surface area (Å²) in [5, 5.41) is 2.23. The normalized spacial score (nSPS) is 11.4. The number of H-pyrrole nitrogens is 1. The van der Waals surface area contributed by atoms with Gasteiger partial charge in [-0.15, -0.1) is 0 Å². The van der Waals surface area contributed by atoms with Crippen molar-refractivity contribution in [2.45, 2.75) is 6.18 Å². The Kier molecular flexibility index (Phi) is 2.26. The fraction of sp³-hybridized carbons (Fsp3) is 0.333. The number of aromatic amines is 1. The van der Waals surface area contributed by atoms with Gasteiger partial charge in [0.25, 0.3) is 0 Å². The average molecular weight is 193 g/mol. The van der Waals surface area contributed by atoms with Crippen LogP contribution in [0.2, 0.25) is 0 Å². The Morgan fingerprint density at radius 3 is 2.62 bits per heavy atom. The summed E-state index contributed by atoms with van der Waals surface area (Å²) < 4.78 is 36.5. The zero-order chi connectivity index (χ0) is 10.1. The van der Waals surface area contributed by atoms with Gasteiger partial charge in [-0.1, -0.05) is 0 Å². The van der Waals surface area contributed by atoms with Crippen LogP contribution in [0.3, 0.4) is 0 Å². The second-order valence-electron chi connectivity index (χ2n) is 2.22. The molecule has 7 heteroatoms. The Balaban J connectivity index is 3.30. The van der Waals surface area contributed by atoms with Crippen LogP contribution in [-0.4, -0.2) is 17.0 Å². The number of nitrogens with zero attached hydrogens (tertiary/aromatic N) is 1. The fourth-order valence-corrected chi connectivity index (χ4v) is 0.806. The molecule has 0 aromatic carbocycles. The van der Waals surface area contributed by atoms with Crippen molar-refractivity contribution in [3.63, 3.8) is 0 Å². The number of halogens is 3. The van der Waals surface area contributed by atoms with Gasteiger partial charge >= 0.3 is 11.9 Å². The van der Waals surface area contributed by atoms with Crippen molar-refractivity contribution in [2.24, 2.45) is 0 Å². The molecule has 0 aliphatic carbocycles. The van der Waals surface area contributed by atoms with Crippen LogP contribution in [0.15, 0.2) is 11.0 Å². The van der Waals surface area contributed by atoms with E-state index in [1.54, 1.807) is 0 Å².